The summed E-state index contributed by atoms with van der Waals surface area (Å²) in [4.78, 5) is 10.5. The van der Waals surface area contributed by atoms with E-state index in [9.17, 15) is 9.90 Å². The Kier molecular flexibility index (Phi) is 12.0. The number of phenols is 1. The van der Waals surface area contributed by atoms with Gasteiger partial charge < -0.3 is 19.3 Å². The first-order valence-corrected chi connectivity index (χ1v) is 12.6. The van der Waals surface area contributed by atoms with E-state index in [2.05, 4.69) is 6.58 Å². The molecule has 1 aliphatic rings. The largest absolute Gasteiger partial charge is 0.508 e. The molecule has 1 atom stereocenters. The van der Waals surface area contributed by atoms with E-state index in [1.54, 1.807) is 12.1 Å². The van der Waals surface area contributed by atoms with Crippen LogP contribution in [0, 0.1) is 0 Å². The number of ether oxygens (including phenoxy) is 3. The summed E-state index contributed by atoms with van der Waals surface area (Å²) in [5.74, 6) is 0.737. The van der Waals surface area contributed by atoms with Crippen molar-refractivity contribution in [2.75, 3.05) is 0 Å². The van der Waals surface area contributed by atoms with Crippen LogP contribution >= 0.6 is 0 Å². The first-order valence-electron chi connectivity index (χ1n) is 12.6. The van der Waals surface area contributed by atoms with Gasteiger partial charge in [-0.05, 0) is 75.9 Å². The summed E-state index contributed by atoms with van der Waals surface area (Å²) < 4.78 is 16.7. The Morgan fingerprint density at radius 1 is 0.944 bits per heavy atom. The summed E-state index contributed by atoms with van der Waals surface area (Å²) in [6.07, 6.45) is 15.5. The van der Waals surface area contributed by atoms with Crippen LogP contribution in [0.3, 0.4) is 0 Å². The third-order valence-corrected chi connectivity index (χ3v) is 5.27. The molecule has 5 nitrogen and oxygen atoms in total. The molecule has 0 saturated heterocycles. The number of allylic oxidation sites excluding steroid dienone is 2. The first-order chi connectivity index (χ1) is 17.1. The Labute approximate surface area is 216 Å². The molecule has 1 saturated carbocycles. The molecule has 2 aromatic rings. The van der Waals surface area contributed by atoms with E-state index in [1.165, 1.54) is 19.3 Å². The van der Waals surface area contributed by atoms with Crippen LogP contribution in [-0.2, 0) is 14.3 Å². The summed E-state index contributed by atoms with van der Waals surface area (Å²) in [5.41, 5.74) is 1.76. The predicted octanol–water partition coefficient (Wildman–Crippen LogP) is 7.71. The molecular weight excluding hydrogens is 452 g/mol. The van der Waals surface area contributed by atoms with E-state index in [1.807, 2.05) is 88.4 Å². The van der Waals surface area contributed by atoms with Gasteiger partial charge in [-0.1, -0.05) is 74.4 Å². The SMILES string of the molecule is C=CC(=O)OC(C)(C)C.CC(Oc1ccc(C=CC=Cc2ccc(O)cc2)cc1)OC1CCCCC1. The minimum absolute atomic E-state index is 0.220. The van der Waals surface area contributed by atoms with Crippen LogP contribution < -0.4 is 4.74 Å². The number of benzene rings is 2. The number of phenolic OH excluding ortho intramolecular Hbond substituents is 1. The molecule has 194 valence electrons. The van der Waals surface area contributed by atoms with E-state index < -0.39 is 5.60 Å². The lowest BCUT2D eigenvalue weighted by molar-refractivity contribution is -0.148. The Morgan fingerprint density at radius 3 is 1.94 bits per heavy atom. The fourth-order valence-electron chi connectivity index (χ4n) is 3.61. The molecule has 0 heterocycles. The number of rotatable bonds is 8. The highest BCUT2D eigenvalue weighted by Crippen LogP contribution is 2.23. The van der Waals surface area contributed by atoms with Crippen molar-refractivity contribution in [2.24, 2.45) is 0 Å². The van der Waals surface area contributed by atoms with Crippen LogP contribution in [0.4, 0.5) is 0 Å². The molecule has 36 heavy (non-hydrogen) atoms. The number of carbonyl (C=O) groups excluding carboxylic acids is 1. The first kappa shape index (κ1) is 28.9. The highest BCUT2D eigenvalue weighted by molar-refractivity contribution is 5.81. The molecule has 0 spiro atoms. The summed E-state index contributed by atoms with van der Waals surface area (Å²) in [6, 6.07) is 15.1. The van der Waals surface area contributed by atoms with Gasteiger partial charge in [-0.3, -0.25) is 0 Å². The van der Waals surface area contributed by atoms with Crippen LogP contribution in [0.5, 0.6) is 11.5 Å². The number of carbonyl (C=O) groups is 1. The zero-order chi connectivity index (χ0) is 26.4. The minimum atomic E-state index is -0.398. The summed E-state index contributed by atoms with van der Waals surface area (Å²) >= 11 is 0. The summed E-state index contributed by atoms with van der Waals surface area (Å²) in [6.45, 7) is 10.7. The van der Waals surface area contributed by atoms with Crippen LogP contribution in [0.2, 0.25) is 0 Å². The van der Waals surface area contributed by atoms with Crippen molar-refractivity contribution in [3.63, 3.8) is 0 Å². The monoisotopic (exact) mass is 492 g/mol. The number of hydrogen-bond acceptors (Lipinski definition) is 5. The average Bonchev–Trinajstić information content (AvgIpc) is 2.84. The van der Waals surface area contributed by atoms with Crippen molar-refractivity contribution in [1.29, 1.82) is 0 Å². The van der Waals surface area contributed by atoms with E-state index >= 15 is 0 Å². The Balaban J connectivity index is 0.000000434. The van der Waals surface area contributed by atoms with Crippen molar-refractivity contribution in [2.45, 2.75) is 77.8 Å². The Bertz CT molecular complexity index is 975. The third kappa shape index (κ3) is 12.4. The standard InChI is InChI=1S/C24H28O3.C7H12O2/c1-19(26-23-9-3-2-4-10-23)27-24-17-13-21(14-18-24)8-6-5-7-20-11-15-22(25)16-12-20;1-5-6(8)9-7(2,3)4/h5-8,11-19,23,25H,2-4,9-10H2,1H3;5H,1H2,2-4H3. The van der Waals surface area contributed by atoms with Gasteiger partial charge in [0, 0.05) is 6.08 Å². The van der Waals surface area contributed by atoms with Gasteiger partial charge in [-0.2, -0.15) is 0 Å². The van der Waals surface area contributed by atoms with Gasteiger partial charge in [-0.25, -0.2) is 4.79 Å². The summed E-state index contributed by atoms with van der Waals surface area (Å²) in [5, 5.41) is 9.28. The smallest absolute Gasteiger partial charge is 0.330 e. The maximum absolute atomic E-state index is 10.5. The predicted molar refractivity (Wildman–Crippen MR) is 147 cm³/mol. The molecule has 1 N–H and O–H groups in total. The molecule has 1 aliphatic carbocycles. The maximum Gasteiger partial charge on any atom is 0.330 e. The van der Waals surface area contributed by atoms with E-state index in [0.717, 1.165) is 35.8 Å². The molecular formula is C31H40O5. The molecule has 5 heteroatoms. The van der Waals surface area contributed by atoms with Crippen LogP contribution in [-0.4, -0.2) is 29.1 Å². The van der Waals surface area contributed by atoms with Crippen LogP contribution in [0.15, 0.2) is 73.3 Å². The molecule has 1 unspecified atom stereocenters. The van der Waals surface area contributed by atoms with Crippen molar-refractivity contribution in [3.8, 4) is 11.5 Å². The molecule has 0 aliphatic heterocycles. The summed E-state index contributed by atoms with van der Waals surface area (Å²) in [7, 11) is 0. The lowest BCUT2D eigenvalue weighted by atomic mass is 9.98. The average molecular weight is 493 g/mol. The van der Waals surface area contributed by atoms with Gasteiger partial charge in [0.25, 0.3) is 0 Å². The van der Waals surface area contributed by atoms with E-state index in [0.29, 0.717) is 6.10 Å². The second-order valence-electron chi connectivity index (χ2n) is 9.70. The highest BCUT2D eigenvalue weighted by atomic mass is 16.7. The van der Waals surface area contributed by atoms with Gasteiger partial charge >= 0.3 is 5.97 Å². The van der Waals surface area contributed by atoms with Crippen molar-refractivity contribution in [1.82, 2.24) is 0 Å². The maximum atomic E-state index is 10.5. The molecule has 0 amide bonds. The van der Waals surface area contributed by atoms with Crippen molar-refractivity contribution in [3.05, 3.63) is 84.5 Å². The number of aromatic hydroxyl groups is 1. The Hall–Kier alpha value is -3.31. The quantitative estimate of drug-likeness (QED) is 0.177. The molecule has 3 rings (SSSR count). The van der Waals surface area contributed by atoms with Gasteiger partial charge in [-0.15, -0.1) is 0 Å². The van der Waals surface area contributed by atoms with Gasteiger partial charge in [0.05, 0.1) is 6.10 Å². The normalized spacial score (nSPS) is 15.2. The van der Waals surface area contributed by atoms with Crippen molar-refractivity contribution >= 4 is 18.1 Å². The zero-order valence-corrected chi connectivity index (χ0v) is 22.0. The van der Waals surface area contributed by atoms with Gasteiger partial charge in [0.2, 0.25) is 0 Å². The lowest BCUT2D eigenvalue weighted by Crippen LogP contribution is -2.26. The molecule has 2 aromatic carbocycles. The third-order valence-electron chi connectivity index (χ3n) is 5.27. The van der Waals surface area contributed by atoms with E-state index in [-0.39, 0.29) is 18.0 Å². The number of esters is 1. The van der Waals surface area contributed by atoms with Gasteiger partial charge in [0.1, 0.15) is 17.1 Å². The van der Waals surface area contributed by atoms with E-state index in [4.69, 9.17) is 14.2 Å². The molecule has 0 radical (unpaired) electrons. The minimum Gasteiger partial charge on any atom is -0.508 e. The Morgan fingerprint density at radius 2 is 1.47 bits per heavy atom. The highest BCUT2D eigenvalue weighted by Gasteiger charge is 2.17. The fraction of sp³-hybridized carbons (Fsp3) is 0.387. The van der Waals surface area contributed by atoms with Crippen LogP contribution in [0.1, 0.15) is 70.9 Å². The second-order valence-corrected chi connectivity index (χ2v) is 9.70. The lowest BCUT2D eigenvalue weighted by Gasteiger charge is -2.26. The van der Waals surface area contributed by atoms with Crippen LogP contribution in [0.25, 0.3) is 12.2 Å². The number of hydrogen-bond donors (Lipinski definition) is 1. The van der Waals surface area contributed by atoms with Gasteiger partial charge in [0.15, 0.2) is 6.29 Å². The molecule has 0 aromatic heterocycles. The topological polar surface area (TPSA) is 65.0 Å². The second kappa shape index (κ2) is 14.9. The fourth-order valence-corrected chi connectivity index (χ4v) is 3.61. The van der Waals surface area contributed by atoms with Crippen molar-refractivity contribution < 1.29 is 24.1 Å². The zero-order valence-electron chi connectivity index (χ0n) is 22.0. The molecule has 0 bridgehead atoms. The molecule has 1 fully saturated rings.